The van der Waals surface area contributed by atoms with Crippen LogP contribution in [0.25, 0.3) is 0 Å². The minimum atomic E-state index is 0.0765. The van der Waals surface area contributed by atoms with Gasteiger partial charge in [0.1, 0.15) is 0 Å². The second-order valence-electron chi connectivity index (χ2n) is 4.69. The highest BCUT2D eigenvalue weighted by molar-refractivity contribution is 8.00. The number of ether oxygens (including phenoxy) is 1. The Hall–Kier alpha value is -1.01. The molecule has 19 heavy (non-hydrogen) atoms. The maximum absolute atomic E-state index is 12.4. The number of methoxy groups -OCH3 is 1. The molecule has 0 radical (unpaired) electrons. The third-order valence-corrected chi connectivity index (χ3v) is 4.54. The van der Waals surface area contributed by atoms with Gasteiger partial charge in [-0.25, -0.2) is 0 Å². The molecule has 1 aliphatic heterocycles. The molecule has 1 aromatic rings. The molecule has 2 rings (SSSR count). The molecule has 1 saturated heterocycles. The van der Waals surface area contributed by atoms with Gasteiger partial charge in [0.15, 0.2) is 5.82 Å². The predicted molar refractivity (Wildman–Crippen MR) is 77.5 cm³/mol. The Bertz CT molecular complexity index is 422. The minimum Gasteiger partial charge on any atom is -0.385 e. The van der Waals surface area contributed by atoms with Crippen molar-refractivity contribution in [2.24, 2.45) is 7.05 Å². The highest BCUT2D eigenvalue weighted by Gasteiger charge is 2.30. The number of nitrogens with zero attached hydrogens (tertiary/aromatic N) is 3. The highest BCUT2D eigenvalue weighted by Crippen LogP contribution is 2.27. The summed E-state index contributed by atoms with van der Waals surface area (Å²) < 4.78 is 6.76. The molecule has 0 saturated carbocycles. The molecule has 1 amide bonds. The van der Waals surface area contributed by atoms with Crippen molar-refractivity contribution in [3.8, 4) is 0 Å². The minimum absolute atomic E-state index is 0.0765. The average Bonchev–Trinajstić information content (AvgIpc) is 2.83. The van der Waals surface area contributed by atoms with Crippen LogP contribution in [0.2, 0.25) is 0 Å². The van der Waals surface area contributed by atoms with Gasteiger partial charge in [-0.1, -0.05) is 0 Å². The summed E-state index contributed by atoms with van der Waals surface area (Å²) >= 11 is 1.74. The molecule has 5 nitrogen and oxygen atoms in total. The molecule has 1 fully saturated rings. The number of amides is 1. The Kier molecular flexibility index (Phi) is 5.27. The van der Waals surface area contributed by atoms with Gasteiger partial charge in [-0.3, -0.25) is 14.4 Å². The lowest BCUT2D eigenvalue weighted by atomic mass is 10.1. The van der Waals surface area contributed by atoms with E-state index < -0.39 is 0 Å². The molecule has 0 N–H and O–H groups in total. The molecular formula is C13H21N3O2S. The SMILES string of the molecule is COCCCSC1CCCN(c2ccn(C)n2)C1=O. The number of carbonyl (C=O) groups excluding carboxylic acids is 1. The second-order valence-corrected chi connectivity index (χ2v) is 6.00. The first-order valence-corrected chi connectivity index (χ1v) is 7.69. The van der Waals surface area contributed by atoms with Crippen LogP contribution in [-0.2, 0) is 16.6 Å². The Balaban J connectivity index is 1.91. The van der Waals surface area contributed by atoms with Gasteiger partial charge in [-0.2, -0.15) is 5.10 Å². The summed E-state index contributed by atoms with van der Waals surface area (Å²) in [6, 6.07) is 1.90. The van der Waals surface area contributed by atoms with Gasteiger partial charge < -0.3 is 4.74 Å². The fourth-order valence-electron chi connectivity index (χ4n) is 2.20. The van der Waals surface area contributed by atoms with E-state index in [-0.39, 0.29) is 11.2 Å². The number of hydrogen-bond donors (Lipinski definition) is 0. The average molecular weight is 283 g/mol. The van der Waals surface area contributed by atoms with Gasteiger partial charge in [-0.05, 0) is 25.0 Å². The van der Waals surface area contributed by atoms with Crippen LogP contribution in [-0.4, -0.2) is 47.0 Å². The third kappa shape index (κ3) is 3.73. The lowest BCUT2D eigenvalue weighted by Gasteiger charge is -2.30. The van der Waals surface area contributed by atoms with Crippen LogP contribution in [0, 0.1) is 0 Å². The second kappa shape index (κ2) is 6.96. The maximum Gasteiger partial charge on any atom is 0.241 e. The quantitative estimate of drug-likeness (QED) is 0.745. The van der Waals surface area contributed by atoms with Crippen molar-refractivity contribution in [1.82, 2.24) is 9.78 Å². The van der Waals surface area contributed by atoms with Crippen molar-refractivity contribution in [3.63, 3.8) is 0 Å². The zero-order valence-corrected chi connectivity index (χ0v) is 12.4. The summed E-state index contributed by atoms with van der Waals surface area (Å²) in [6.45, 7) is 1.54. The standard InChI is InChI=1S/C13H21N3O2S/c1-15-8-6-12(14-15)16-7-3-5-11(13(16)17)19-10-4-9-18-2/h6,8,11H,3-5,7,9-10H2,1-2H3. The van der Waals surface area contributed by atoms with Gasteiger partial charge in [-0.15, -0.1) is 11.8 Å². The first-order chi connectivity index (χ1) is 9.22. The van der Waals surface area contributed by atoms with Crippen LogP contribution >= 0.6 is 11.8 Å². The summed E-state index contributed by atoms with van der Waals surface area (Å²) in [5, 5.41) is 4.40. The van der Waals surface area contributed by atoms with Gasteiger partial charge in [0.25, 0.3) is 0 Å². The van der Waals surface area contributed by atoms with E-state index in [1.54, 1.807) is 23.6 Å². The topological polar surface area (TPSA) is 47.4 Å². The fourth-order valence-corrected chi connectivity index (χ4v) is 3.37. The summed E-state index contributed by atoms with van der Waals surface area (Å²) in [5.74, 6) is 1.95. The van der Waals surface area contributed by atoms with Crippen LogP contribution < -0.4 is 4.90 Å². The maximum atomic E-state index is 12.4. The molecule has 106 valence electrons. The van der Waals surface area contributed by atoms with Crippen molar-refractivity contribution < 1.29 is 9.53 Å². The number of piperidine rings is 1. The molecule has 0 aliphatic carbocycles. The van der Waals surface area contributed by atoms with E-state index in [1.165, 1.54) is 0 Å². The molecule has 2 heterocycles. The van der Waals surface area contributed by atoms with Crippen molar-refractivity contribution in [2.45, 2.75) is 24.5 Å². The van der Waals surface area contributed by atoms with Gasteiger partial charge in [0.05, 0.1) is 5.25 Å². The zero-order valence-electron chi connectivity index (χ0n) is 11.5. The van der Waals surface area contributed by atoms with Crippen LogP contribution in [0.15, 0.2) is 12.3 Å². The monoisotopic (exact) mass is 283 g/mol. The van der Waals surface area contributed by atoms with Crippen molar-refractivity contribution in [3.05, 3.63) is 12.3 Å². The van der Waals surface area contributed by atoms with E-state index in [0.29, 0.717) is 0 Å². The number of rotatable bonds is 6. The number of aryl methyl sites for hydroxylation is 1. The molecule has 6 heteroatoms. The van der Waals surface area contributed by atoms with Crippen LogP contribution in [0.4, 0.5) is 5.82 Å². The van der Waals surface area contributed by atoms with Crippen molar-refractivity contribution >= 4 is 23.5 Å². The van der Waals surface area contributed by atoms with Crippen molar-refractivity contribution in [1.29, 1.82) is 0 Å². The molecule has 0 bridgehead atoms. The molecule has 1 aromatic heterocycles. The summed E-state index contributed by atoms with van der Waals surface area (Å²) in [5.41, 5.74) is 0. The summed E-state index contributed by atoms with van der Waals surface area (Å²) in [4.78, 5) is 14.2. The first-order valence-electron chi connectivity index (χ1n) is 6.64. The largest absolute Gasteiger partial charge is 0.385 e. The Labute approximate surface area is 118 Å². The number of aromatic nitrogens is 2. The predicted octanol–water partition coefficient (Wildman–Crippen LogP) is 1.69. The molecular weight excluding hydrogens is 262 g/mol. The van der Waals surface area contributed by atoms with E-state index in [0.717, 1.165) is 44.0 Å². The van der Waals surface area contributed by atoms with E-state index in [1.807, 2.05) is 24.2 Å². The molecule has 1 unspecified atom stereocenters. The Morgan fingerprint density at radius 1 is 1.58 bits per heavy atom. The Morgan fingerprint density at radius 3 is 3.11 bits per heavy atom. The van der Waals surface area contributed by atoms with Gasteiger partial charge in [0.2, 0.25) is 5.91 Å². The van der Waals surface area contributed by atoms with Gasteiger partial charge in [0, 0.05) is 39.6 Å². The number of carbonyl (C=O) groups is 1. The van der Waals surface area contributed by atoms with Crippen molar-refractivity contribution in [2.75, 3.05) is 30.9 Å². The van der Waals surface area contributed by atoms with Crippen LogP contribution in [0.1, 0.15) is 19.3 Å². The highest BCUT2D eigenvalue weighted by atomic mass is 32.2. The number of thioether (sulfide) groups is 1. The van der Waals surface area contributed by atoms with Crippen LogP contribution in [0.5, 0.6) is 0 Å². The van der Waals surface area contributed by atoms with E-state index in [2.05, 4.69) is 5.10 Å². The Morgan fingerprint density at radius 2 is 2.42 bits per heavy atom. The van der Waals surface area contributed by atoms with Gasteiger partial charge >= 0.3 is 0 Å². The third-order valence-electron chi connectivity index (χ3n) is 3.18. The van der Waals surface area contributed by atoms with E-state index in [9.17, 15) is 4.79 Å². The molecule has 0 spiro atoms. The summed E-state index contributed by atoms with van der Waals surface area (Å²) in [7, 11) is 3.58. The lowest BCUT2D eigenvalue weighted by molar-refractivity contribution is -0.119. The van der Waals surface area contributed by atoms with Crippen LogP contribution in [0.3, 0.4) is 0 Å². The molecule has 1 atom stereocenters. The normalized spacial score (nSPS) is 20.0. The smallest absolute Gasteiger partial charge is 0.241 e. The number of anilines is 1. The molecule has 1 aliphatic rings. The fraction of sp³-hybridized carbons (Fsp3) is 0.692. The van der Waals surface area contributed by atoms with E-state index in [4.69, 9.17) is 4.74 Å². The zero-order chi connectivity index (χ0) is 13.7. The molecule has 0 aromatic carbocycles. The van der Waals surface area contributed by atoms with E-state index >= 15 is 0 Å². The lowest BCUT2D eigenvalue weighted by Crippen LogP contribution is -2.43. The first kappa shape index (κ1) is 14.4. The number of hydrogen-bond acceptors (Lipinski definition) is 4. The summed E-state index contributed by atoms with van der Waals surface area (Å²) in [6.07, 6.45) is 4.89.